The third-order valence-corrected chi connectivity index (χ3v) is 3.88. The summed E-state index contributed by atoms with van der Waals surface area (Å²) >= 11 is 6.16. The van der Waals surface area contributed by atoms with Gasteiger partial charge in [-0.05, 0) is 30.3 Å². The van der Waals surface area contributed by atoms with Crippen molar-refractivity contribution in [1.82, 2.24) is 4.90 Å². The fourth-order valence-electron chi connectivity index (χ4n) is 2.13. The normalized spacial score (nSPS) is 10.2. The maximum Gasteiger partial charge on any atom is 0.254 e. The first kappa shape index (κ1) is 17.8. The average molecular weight is 346 g/mol. The molecule has 0 bridgehead atoms. The zero-order chi connectivity index (χ0) is 17.7. The average Bonchev–Trinajstić information content (AvgIpc) is 2.59. The number of para-hydroxylation sites is 1. The smallest absolute Gasteiger partial charge is 0.254 e. The molecule has 0 aliphatic heterocycles. The molecule has 0 radical (unpaired) electrons. The fraction of sp³-hybridized carbons (Fsp3) is 0.222. The zero-order valence-electron chi connectivity index (χ0n) is 13.9. The molecule has 2 amide bonds. The zero-order valence-corrected chi connectivity index (χ0v) is 14.7. The number of carbonyl (C=O) groups is 2. The summed E-state index contributed by atoms with van der Waals surface area (Å²) in [5.41, 5.74) is 1.94. The highest BCUT2D eigenvalue weighted by Crippen LogP contribution is 2.22. The maximum atomic E-state index is 12.2. The SMILES string of the molecule is CN(C)C(=O)c1ccc(NCC(=O)N(C)c2ccccc2)cc1Cl. The van der Waals surface area contributed by atoms with Crippen LogP contribution >= 0.6 is 11.6 Å². The number of nitrogens with zero attached hydrogens (tertiary/aromatic N) is 2. The van der Waals surface area contributed by atoms with Crippen LogP contribution in [0.2, 0.25) is 5.02 Å². The maximum absolute atomic E-state index is 12.2. The van der Waals surface area contributed by atoms with Crippen molar-refractivity contribution in [2.24, 2.45) is 0 Å². The van der Waals surface area contributed by atoms with Gasteiger partial charge in [0.15, 0.2) is 0 Å². The van der Waals surface area contributed by atoms with Crippen molar-refractivity contribution in [2.45, 2.75) is 0 Å². The van der Waals surface area contributed by atoms with Gasteiger partial charge < -0.3 is 15.1 Å². The molecule has 24 heavy (non-hydrogen) atoms. The lowest BCUT2D eigenvalue weighted by Gasteiger charge is -2.18. The van der Waals surface area contributed by atoms with E-state index >= 15 is 0 Å². The second-order valence-corrected chi connectivity index (χ2v) is 5.94. The lowest BCUT2D eigenvalue weighted by Crippen LogP contribution is -2.32. The summed E-state index contributed by atoms with van der Waals surface area (Å²) in [5, 5.41) is 3.38. The molecular weight excluding hydrogens is 326 g/mol. The Morgan fingerprint density at radius 1 is 1.04 bits per heavy atom. The van der Waals surface area contributed by atoms with Crippen molar-refractivity contribution in [1.29, 1.82) is 0 Å². The summed E-state index contributed by atoms with van der Waals surface area (Å²) in [6.45, 7) is 0.128. The monoisotopic (exact) mass is 345 g/mol. The van der Waals surface area contributed by atoms with Gasteiger partial charge in [0.05, 0.1) is 17.1 Å². The van der Waals surface area contributed by atoms with Gasteiger partial charge in [-0.2, -0.15) is 0 Å². The summed E-state index contributed by atoms with van der Waals surface area (Å²) in [6, 6.07) is 14.4. The molecule has 0 spiro atoms. The van der Waals surface area contributed by atoms with Crippen LogP contribution < -0.4 is 10.2 Å². The number of halogens is 1. The van der Waals surface area contributed by atoms with E-state index in [4.69, 9.17) is 11.6 Å². The Morgan fingerprint density at radius 2 is 1.71 bits per heavy atom. The van der Waals surface area contributed by atoms with E-state index in [2.05, 4.69) is 5.32 Å². The molecule has 0 saturated heterocycles. The third kappa shape index (κ3) is 4.26. The minimum atomic E-state index is -0.161. The van der Waals surface area contributed by atoms with Gasteiger partial charge in [-0.1, -0.05) is 29.8 Å². The Hall–Kier alpha value is -2.53. The van der Waals surface area contributed by atoms with Crippen molar-refractivity contribution in [2.75, 3.05) is 37.9 Å². The number of carbonyl (C=O) groups excluding carboxylic acids is 2. The van der Waals surface area contributed by atoms with Crippen LogP contribution in [0, 0.1) is 0 Å². The summed E-state index contributed by atoms with van der Waals surface area (Å²) in [4.78, 5) is 27.2. The van der Waals surface area contributed by atoms with Crippen LogP contribution in [0.5, 0.6) is 0 Å². The minimum absolute atomic E-state index is 0.0780. The molecule has 0 saturated carbocycles. The fourth-order valence-corrected chi connectivity index (χ4v) is 2.39. The molecular formula is C18H20ClN3O2. The Balaban J connectivity index is 2.01. The number of nitrogens with one attached hydrogen (secondary N) is 1. The van der Waals surface area contributed by atoms with Gasteiger partial charge in [-0.15, -0.1) is 0 Å². The van der Waals surface area contributed by atoms with Crippen molar-refractivity contribution in [3.05, 3.63) is 59.1 Å². The molecule has 0 heterocycles. The first-order chi connectivity index (χ1) is 11.4. The van der Waals surface area contributed by atoms with Crippen molar-refractivity contribution < 1.29 is 9.59 Å². The molecule has 0 unspecified atom stereocenters. The lowest BCUT2D eigenvalue weighted by atomic mass is 10.2. The molecule has 0 aliphatic rings. The third-order valence-electron chi connectivity index (χ3n) is 3.57. The first-order valence-electron chi connectivity index (χ1n) is 7.47. The molecule has 0 fully saturated rings. The van der Waals surface area contributed by atoms with Crippen LogP contribution in [-0.4, -0.2) is 44.4 Å². The van der Waals surface area contributed by atoms with Gasteiger partial charge in [0.1, 0.15) is 0 Å². The Labute approximate surface area is 146 Å². The van der Waals surface area contributed by atoms with E-state index in [1.54, 1.807) is 44.2 Å². The van der Waals surface area contributed by atoms with Gasteiger partial charge in [0.2, 0.25) is 5.91 Å². The van der Waals surface area contributed by atoms with Crippen LogP contribution in [0.15, 0.2) is 48.5 Å². The molecule has 0 atom stereocenters. The molecule has 2 aromatic rings. The van der Waals surface area contributed by atoms with Gasteiger partial charge in [0.25, 0.3) is 5.91 Å². The number of likely N-dealkylation sites (N-methyl/N-ethyl adjacent to an activating group) is 1. The number of rotatable bonds is 5. The van der Waals surface area contributed by atoms with E-state index < -0.39 is 0 Å². The number of amides is 2. The van der Waals surface area contributed by atoms with Crippen LogP contribution in [0.25, 0.3) is 0 Å². The number of anilines is 2. The Kier molecular flexibility index (Phi) is 5.82. The van der Waals surface area contributed by atoms with E-state index in [1.165, 1.54) is 4.90 Å². The predicted molar refractivity (Wildman–Crippen MR) is 97.8 cm³/mol. The van der Waals surface area contributed by atoms with Crippen LogP contribution in [0.1, 0.15) is 10.4 Å². The number of benzene rings is 2. The molecule has 2 aromatic carbocycles. The summed E-state index contributed by atoms with van der Waals surface area (Å²) < 4.78 is 0. The van der Waals surface area contributed by atoms with Gasteiger partial charge >= 0.3 is 0 Å². The highest BCUT2D eigenvalue weighted by Gasteiger charge is 2.14. The van der Waals surface area contributed by atoms with Crippen molar-refractivity contribution >= 4 is 34.8 Å². The van der Waals surface area contributed by atoms with Crippen LogP contribution in [-0.2, 0) is 4.79 Å². The van der Waals surface area contributed by atoms with Crippen LogP contribution in [0.4, 0.5) is 11.4 Å². The molecule has 6 heteroatoms. The molecule has 1 N–H and O–H groups in total. The van der Waals surface area contributed by atoms with Gasteiger partial charge in [-0.25, -0.2) is 0 Å². The number of hydrogen-bond acceptors (Lipinski definition) is 3. The first-order valence-corrected chi connectivity index (χ1v) is 7.84. The van der Waals surface area contributed by atoms with Crippen molar-refractivity contribution in [3.63, 3.8) is 0 Å². The topological polar surface area (TPSA) is 52.7 Å². The quantitative estimate of drug-likeness (QED) is 0.905. The highest BCUT2D eigenvalue weighted by molar-refractivity contribution is 6.34. The van der Waals surface area contributed by atoms with Gasteiger partial charge in [0, 0.05) is 32.5 Å². The molecule has 2 rings (SSSR count). The summed E-state index contributed by atoms with van der Waals surface area (Å²) in [7, 11) is 5.07. The Bertz CT molecular complexity index is 732. The van der Waals surface area contributed by atoms with E-state index in [1.807, 2.05) is 30.3 Å². The molecule has 0 aliphatic carbocycles. The predicted octanol–water partition coefficient (Wildman–Crippen LogP) is 3.12. The lowest BCUT2D eigenvalue weighted by molar-refractivity contribution is -0.116. The van der Waals surface area contributed by atoms with Crippen molar-refractivity contribution in [3.8, 4) is 0 Å². The minimum Gasteiger partial charge on any atom is -0.376 e. The van der Waals surface area contributed by atoms with E-state index in [9.17, 15) is 9.59 Å². The number of hydrogen-bond donors (Lipinski definition) is 1. The van der Waals surface area contributed by atoms with E-state index in [0.29, 0.717) is 16.3 Å². The second-order valence-electron chi connectivity index (χ2n) is 5.54. The standard InChI is InChI=1S/C18H20ClN3O2/c1-21(2)18(24)15-10-9-13(11-16(15)19)20-12-17(23)22(3)14-7-5-4-6-8-14/h4-11,20H,12H2,1-3H3. The Morgan fingerprint density at radius 3 is 2.29 bits per heavy atom. The van der Waals surface area contributed by atoms with Crippen LogP contribution in [0.3, 0.4) is 0 Å². The van der Waals surface area contributed by atoms with E-state index in [-0.39, 0.29) is 18.4 Å². The summed E-state index contributed by atoms with van der Waals surface area (Å²) in [6.07, 6.45) is 0. The molecule has 5 nitrogen and oxygen atoms in total. The highest BCUT2D eigenvalue weighted by atomic mass is 35.5. The van der Waals surface area contributed by atoms with E-state index in [0.717, 1.165) is 5.69 Å². The van der Waals surface area contributed by atoms with Gasteiger partial charge in [-0.3, -0.25) is 9.59 Å². The largest absolute Gasteiger partial charge is 0.376 e. The molecule has 126 valence electrons. The second kappa shape index (κ2) is 7.84. The molecule has 0 aromatic heterocycles. The summed E-state index contributed by atoms with van der Waals surface area (Å²) in [5.74, 6) is -0.239.